The quantitative estimate of drug-likeness (QED) is 0.839. The van der Waals surface area contributed by atoms with E-state index in [9.17, 15) is 8.42 Å². The highest BCUT2D eigenvalue weighted by molar-refractivity contribution is 7.89. The first kappa shape index (κ1) is 15.3. The summed E-state index contributed by atoms with van der Waals surface area (Å²) in [6.07, 6.45) is 2.85. The Bertz CT molecular complexity index is 562. The van der Waals surface area contributed by atoms with Crippen LogP contribution in [-0.2, 0) is 10.0 Å². The molecule has 1 aliphatic heterocycles. The maximum absolute atomic E-state index is 12.6. The van der Waals surface area contributed by atoms with Crippen LogP contribution in [0.3, 0.4) is 0 Å². The lowest BCUT2D eigenvalue weighted by atomic mass is 9.98. The molecule has 5 heteroatoms. The Morgan fingerprint density at radius 3 is 2.50 bits per heavy atom. The van der Waals surface area contributed by atoms with Crippen LogP contribution in [0.2, 0.25) is 0 Å². The molecule has 0 radical (unpaired) electrons. The van der Waals surface area contributed by atoms with Crippen molar-refractivity contribution in [3.8, 4) is 5.75 Å². The largest absolute Gasteiger partial charge is 0.496 e. The predicted molar refractivity (Wildman–Crippen MR) is 79.7 cm³/mol. The van der Waals surface area contributed by atoms with Crippen LogP contribution in [-0.4, -0.2) is 32.9 Å². The van der Waals surface area contributed by atoms with Crippen molar-refractivity contribution in [2.75, 3.05) is 20.2 Å². The Morgan fingerprint density at radius 2 is 1.95 bits per heavy atom. The highest BCUT2D eigenvalue weighted by Gasteiger charge is 2.28. The third kappa shape index (κ3) is 2.83. The SMILES string of the molecule is CCC(C)c1cc(S(=O)(=O)N2CCCC2)ccc1OC. The fourth-order valence-electron chi connectivity index (χ4n) is 2.56. The van der Waals surface area contributed by atoms with E-state index < -0.39 is 10.0 Å². The summed E-state index contributed by atoms with van der Waals surface area (Å²) in [4.78, 5) is 0.385. The van der Waals surface area contributed by atoms with Crippen LogP contribution in [0.1, 0.15) is 44.6 Å². The van der Waals surface area contributed by atoms with Crippen molar-refractivity contribution < 1.29 is 13.2 Å². The lowest BCUT2D eigenvalue weighted by molar-refractivity contribution is 0.405. The van der Waals surface area contributed by atoms with E-state index in [1.165, 1.54) is 0 Å². The van der Waals surface area contributed by atoms with E-state index in [-0.39, 0.29) is 5.92 Å². The van der Waals surface area contributed by atoms with E-state index in [4.69, 9.17) is 4.74 Å². The van der Waals surface area contributed by atoms with Crippen molar-refractivity contribution in [1.29, 1.82) is 0 Å². The third-order valence-electron chi connectivity index (χ3n) is 4.05. The summed E-state index contributed by atoms with van der Waals surface area (Å²) in [5.41, 5.74) is 0.968. The minimum atomic E-state index is -3.35. The second-order valence-corrected chi connectivity index (χ2v) is 7.26. The molecule has 0 saturated carbocycles. The van der Waals surface area contributed by atoms with Crippen molar-refractivity contribution in [3.05, 3.63) is 23.8 Å². The van der Waals surface area contributed by atoms with Crippen LogP contribution >= 0.6 is 0 Å². The van der Waals surface area contributed by atoms with Crippen molar-refractivity contribution in [2.24, 2.45) is 0 Å². The fourth-order valence-corrected chi connectivity index (χ4v) is 4.11. The number of benzene rings is 1. The Hall–Kier alpha value is -1.07. The molecule has 1 unspecified atom stereocenters. The Morgan fingerprint density at radius 1 is 1.30 bits per heavy atom. The van der Waals surface area contributed by atoms with Crippen LogP contribution in [0.5, 0.6) is 5.75 Å². The Kier molecular flexibility index (Phi) is 4.70. The monoisotopic (exact) mass is 297 g/mol. The summed E-state index contributed by atoms with van der Waals surface area (Å²) in [6.45, 7) is 5.44. The van der Waals surface area contributed by atoms with Gasteiger partial charge in [-0.3, -0.25) is 0 Å². The molecule has 1 atom stereocenters. The summed E-state index contributed by atoms with van der Waals surface area (Å²) < 4.78 is 32.1. The van der Waals surface area contributed by atoms with Crippen LogP contribution in [0, 0.1) is 0 Å². The number of methoxy groups -OCH3 is 1. The molecule has 1 fully saturated rings. The summed E-state index contributed by atoms with van der Waals surface area (Å²) in [6, 6.07) is 5.20. The first-order valence-corrected chi connectivity index (χ1v) is 8.62. The highest BCUT2D eigenvalue weighted by Crippen LogP contribution is 2.32. The molecular weight excluding hydrogens is 274 g/mol. The van der Waals surface area contributed by atoms with Gasteiger partial charge in [-0.15, -0.1) is 0 Å². The number of hydrogen-bond donors (Lipinski definition) is 0. The van der Waals surface area contributed by atoms with Gasteiger partial charge in [0.25, 0.3) is 0 Å². The zero-order chi connectivity index (χ0) is 14.8. The lowest BCUT2D eigenvalue weighted by Gasteiger charge is -2.19. The molecule has 112 valence electrons. The van der Waals surface area contributed by atoms with Crippen LogP contribution in [0.25, 0.3) is 0 Å². The molecule has 2 rings (SSSR count). The minimum Gasteiger partial charge on any atom is -0.496 e. The van der Waals surface area contributed by atoms with Crippen molar-refractivity contribution in [3.63, 3.8) is 0 Å². The fraction of sp³-hybridized carbons (Fsp3) is 0.600. The summed E-state index contributed by atoms with van der Waals surface area (Å²) in [7, 11) is -1.73. The summed E-state index contributed by atoms with van der Waals surface area (Å²) in [5, 5.41) is 0. The number of nitrogens with zero attached hydrogens (tertiary/aromatic N) is 1. The standard InChI is InChI=1S/C15H23NO3S/c1-4-12(2)14-11-13(7-8-15(14)19-3)20(17,18)16-9-5-6-10-16/h7-8,11-12H,4-6,9-10H2,1-3H3. The van der Waals surface area contributed by atoms with Gasteiger partial charge in [-0.1, -0.05) is 13.8 Å². The minimum absolute atomic E-state index is 0.277. The maximum atomic E-state index is 12.6. The first-order valence-electron chi connectivity index (χ1n) is 7.18. The van der Waals surface area contributed by atoms with E-state index >= 15 is 0 Å². The molecule has 0 aliphatic carbocycles. The van der Waals surface area contributed by atoms with Crippen molar-refractivity contribution >= 4 is 10.0 Å². The molecule has 4 nitrogen and oxygen atoms in total. The number of sulfonamides is 1. The zero-order valence-electron chi connectivity index (χ0n) is 12.4. The molecule has 1 aliphatic rings. The van der Waals surface area contributed by atoms with Gasteiger partial charge in [0.15, 0.2) is 0 Å². The third-order valence-corrected chi connectivity index (χ3v) is 5.94. The van der Waals surface area contributed by atoms with E-state index in [1.807, 2.05) is 0 Å². The predicted octanol–water partition coefficient (Wildman–Crippen LogP) is 2.99. The van der Waals surface area contributed by atoms with Gasteiger partial charge in [0.05, 0.1) is 12.0 Å². The molecule has 0 spiro atoms. The maximum Gasteiger partial charge on any atom is 0.243 e. The average molecular weight is 297 g/mol. The van der Waals surface area contributed by atoms with Gasteiger partial charge in [0, 0.05) is 13.1 Å². The van der Waals surface area contributed by atoms with Gasteiger partial charge < -0.3 is 4.74 Å². The van der Waals surface area contributed by atoms with Crippen LogP contribution < -0.4 is 4.74 Å². The molecule has 0 amide bonds. The van der Waals surface area contributed by atoms with Crippen LogP contribution in [0.15, 0.2) is 23.1 Å². The Balaban J connectivity index is 2.42. The average Bonchev–Trinajstić information content (AvgIpc) is 3.00. The van der Waals surface area contributed by atoms with Gasteiger partial charge in [-0.2, -0.15) is 4.31 Å². The van der Waals surface area contributed by atoms with Crippen LogP contribution in [0.4, 0.5) is 0 Å². The molecule has 1 heterocycles. The molecular formula is C15H23NO3S. The number of rotatable bonds is 5. The smallest absolute Gasteiger partial charge is 0.243 e. The molecule has 1 aromatic carbocycles. The van der Waals surface area contributed by atoms with E-state index in [0.29, 0.717) is 18.0 Å². The second kappa shape index (κ2) is 6.14. The van der Waals surface area contributed by atoms with E-state index in [0.717, 1.165) is 30.6 Å². The van der Waals surface area contributed by atoms with Gasteiger partial charge in [0.1, 0.15) is 5.75 Å². The Labute approximate surface area is 121 Å². The van der Waals surface area contributed by atoms with E-state index in [1.54, 1.807) is 29.6 Å². The summed E-state index contributed by atoms with van der Waals surface area (Å²) >= 11 is 0. The molecule has 1 saturated heterocycles. The van der Waals surface area contributed by atoms with Gasteiger partial charge in [-0.05, 0) is 48.9 Å². The lowest BCUT2D eigenvalue weighted by Crippen LogP contribution is -2.28. The first-order chi connectivity index (χ1) is 9.50. The van der Waals surface area contributed by atoms with Gasteiger partial charge >= 0.3 is 0 Å². The van der Waals surface area contributed by atoms with E-state index in [2.05, 4.69) is 13.8 Å². The molecule has 1 aromatic rings. The zero-order valence-corrected chi connectivity index (χ0v) is 13.2. The summed E-state index contributed by atoms with van der Waals surface area (Å²) in [5.74, 6) is 1.04. The molecule has 0 aromatic heterocycles. The normalized spacial score (nSPS) is 18.1. The second-order valence-electron chi connectivity index (χ2n) is 5.32. The number of ether oxygens (including phenoxy) is 1. The highest BCUT2D eigenvalue weighted by atomic mass is 32.2. The molecule has 20 heavy (non-hydrogen) atoms. The van der Waals surface area contributed by atoms with Gasteiger partial charge in [-0.25, -0.2) is 8.42 Å². The topological polar surface area (TPSA) is 46.6 Å². The molecule has 0 N–H and O–H groups in total. The van der Waals surface area contributed by atoms with Crippen molar-refractivity contribution in [1.82, 2.24) is 4.31 Å². The molecule has 0 bridgehead atoms. The van der Waals surface area contributed by atoms with Crippen molar-refractivity contribution in [2.45, 2.75) is 43.9 Å². The van der Waals surface area contributed by atoms with Gasteiger partial charge in [0.2, 0.25) is 10.0 Å². The number of hydrogen-bond acceptors (Lipinski definition) is 3.